The summed E-state index contributed by atoms with van der Waals surface area (Å²) in [4.78, 5) is 46.4. The van der Waals surface area contributed by atoms with Crippen LogP contribution < -0.4 is 16.6 Å². The highest BCUT2D eigenvalue weighted by Gasteiger charge is 2.42. The van der Waals surface area contributed by atoms with Crippen molar-refractivity contribution in [3.8, 4) is 0 Å². The Bertz CT molecular complexity index is 1170. The Morgan fingerprint density at radius 2 is 2.04 bits per heavy atom. The monoisotopic (exact) mass is 393 g/mol. The van der Waals surface area contributed by atoms with Gasteiger partial charge in [0.05, 0.1) is 10.9 Å². The van der Waals surface area contributed by atoms with E-state index in [-0.39, 0.29) is 27.9 Å². The van der Waals surface area contributed by atoms with Crippen molar-refractivity contribution in [3.05, 3.63) is 68.3 Å². The maximum Gasteiger partial charge on any atom is 0.412 e. The standard InChI is InChI=1S/C17H14F3N5O3/c1-8-6-10(11-13(22-8)25(2)16(28)24-15(11)27)14(26)23-12(17(18,19)20)9-4-3-5-21-7-9/h3-7,12H,1-2H3,(H,23,26)(H,24,27,28)/t12-/m0/s1. The molecule has 0 radical (unpaired) electrons. The van der Waals surface area contributed by atoms with Crippen molar-refractivity contribution in [2.45, 2.75) is 19.1 Å². The number of carbonyl (C=O) groups excluding carboxylic acids is 1. The molecule has 3 aromatic heterocycles. The summed E-state index contributed by atoms with van der Waals surface area (Å²) in [6, 6.07) is 1.35. The average molecular weight is 393 g/mol. The maximum absolute atomic E-state index is 13.5. The minimum atomic E-state index is -4.80. The molecule has 3 heterocycles. The van der Waals surface area contributed by atoms with Crippen LogP contribution in [0.5, 0.6) is 0 Å². The molecule has 0 aromatic carbocycles. The first kappa shape index (κ1) is 19.3. The smallest absolute Gasteiger partial charge is 0.337 e. The van der Waals surface area contributed by atoms with Gasteiger partial charge < -0.3 is 5.32 Å². The van der Waals surface area contributed by atoms with Crippen LogP contribution in [0.4, 0.5) is 13.2 Å². The Hall–Kier alpha value is -3.50. The van der Waals surface area contributed by atoms with Crippen molar-refractivity contribution in [2.75, 3.05) is 0 Å². The third-order valence-corrected chi connectivity index (χ3v) is 4.06. The van der Waals surface area contributed by atoms with E-state index in [0.717, 1.165) is 10.8 Å². The molecule has 0 saturated carbocycles. The van der Waals surface area contributed by atoms with Crippen molar-refractivity contribution < 1.29 is 18.0 Å². The van der Waals surface area contributed by atoms with Crippen molar-refractivity contribution in [1.29, 1.82) is 0 Å². The van der Waals surface area contributed by atoms with Gasteiger partial charge in [-0.2, -0.15) is 13.2 Å². The minimum Gasteiger partial charge on any atom is -0.337 e. The molecule has 0 saturated heterocycles. The number of rotatable bonds is 3. The largest absolute Gasteiger partial charge is 0.412 e. The number of halogens is 3. The fraction of sp³-hybridized carbons (Fsp3) is 0.235. The van der Waals surface area contributed by atoms with E-state index in [1.54, 1.807) is 0 Å². The number of carbonyl (C=O) groups is 1. The molecule has 11 heteroatoms. The van der Waals surface area contributed by atoms with Gasteiger partial charge in [0.2, 0.25) is 0 Å². The summed E-state index contributed by atoms with van der Waals surface area (Å²) in [5, 5.41) is 1.62. The van der Waals surface area contributed by atoms with E-state index < -0.39 is 29.4 Å². The molecule has 28 heavy (non-hydrogen) atoms. The number of nitrogens with zero attached hydrogens (tertiary/aromatic N) is 3. The molecule has 1 amide bonds. The van der Waals surface area contributed by atoms with Gasteiger partial charge in [0, 0.05) is 30.7 Å². The number of pyridine rings is 2. The van der Waals surface area contributed by atoms with Crippen molar-refractivity contribution >= 4 is 16.9 Å². The molecule has 146 valence electrons. The van der Waals surface area contributed by atoms with Gasteiger partial charge in [-0.25, -0.2) is 9.78 Å². The van der Waals surface area contributed by atoms with E-state index in [9.17, 15) is 27.6 Å². The predicted molar refractivity (Wildman–Crippen MR) is 92.8 cm³/mol. The number of aryl methyl sites for hydroxylation is 2. The Morgan fingerprint density at radius 1 is 1.32 bits per heavy atom. The summed E-state index contributed by atoms with van der Waals surface area (Å²) in [7, 11) is 1.32. The molecule has 0 bridgehead atoms. The second-order valence-electron chi connectivity index (χ2n) is 6.06. The zero-order chi connectivity index (χ0) is 20.6. The molecule has 0 aliphatic carbocycles. The molecule has 0 fully saturated rings. The van der Waals surface area contributed by atoms with Crippen LogP contribution in [0.25, 0.3) is 11.0 Å². The summed E-state index contributed by atoms with van der Waals surface area (Å²) < 4.78 is 41.5. The second kappa shape index (κ2) is 6.91. The Labute approximate surface area is 155 Å². The lowest BCUT2D eigenvalue weighted by molar-refractivity contribution is -0.155. The maximum atomic E-state index is 13.5. The number of fused-ring (bicyclic) bond motifs is 1. The number of H-pyrrole nitrogens is 1. The number of hydrogen-bond donors (Lipinski definition) is 2. The number of hydrogen-bond acceptors (Lipinski definition) is 5. The van der Waals surface area contributed by atoms with Crippen LogP contribution in [0.3, 0.4) is 0 Å². The van der Waals surface area contributed by atoms with Gasteiger partial charge in [0.15, 0.2) is 6.04 Å². The fourth-order valence-corrected chi connectivity index (χ4v) is 2.75. The highest BCUT2D eigenvalue weighted by atomic mass is 19.4. The van der Waals surface area contributed by atoms with Crippen LogP contribution >= 0.6 is 0 Å². The lowest BCUT2D eigenvalue weighted by atomic mass is 10.1. The van der Waals surface area contributed by atoms with Crippen LogP contribution in [0.15, 0.2) is 40.2 Å². The number of aromatic nitrogens is 4. The van der Waals surface area contributed by atoms with E-state index in [1.807, 2.05) is 10.3 Å². The number of alkyl halides is 3. The number of aromatic amines is 1. The van der Waals surface area contributed by atoms with Gasteiger partial charge in [-0.15, -0.1) is 0 Å². The van der Waals surface area contributed by atoms with Gasteiger partial charge in [-0.1, -0.05) is 6.07 Å². The zero-order valence-corrected chi connectivity index (χ0v) is 14.7. The quantitative estimate of drug-likeness (QED) is 0.698. The van der Waals surface area contributed by atoms with Crippen LogP contribution in [0.2, 0.25) is 0 Å². The normalized spacial score (nSPS) is 12.8. The van der Waals surface area contributed by atoms with Crippen molar-refractivity contribution in [1.82, 2.24) is 24.8 Å². The van der Waals surface area contributed by atoms with Gasteiger partial charge in [0.1, 0.15) is 5.65 Å². The lowest BCUT2D eigenvalue weighted by Gasteiger charge is -2.22. The van der Waals surface area contributed by atoms with Crippen LogP contribution in [0.1, 0.15) is 27.7 Å². The van der Waals surface area contributed by atoms with E-state index in [2.05, 4.69) is 9.97 Å². The second-order valence-corrected chi connectivity index (χ2v) is 6.06. The molecule has 0 spiro atoms. The number of amides is 1. The van der Waals surface area contributed by atoms with Gasteiger partial charge in [0.25, 0.3) is 11.5 Å². The Balaban J connectivity index is 2.15. The molecule has 0 aliphatic heterocycles. The molecule has 2 N–H and O–H groups in total. The van der Waals surface area contributed by atoms with E-state index >= 15 is 0 Å². The van der Waals surface area contributed by atoms with Crippen LogP contribution in [0, 0.1) is 6.92 Å². The minimum absolute atomic E-state index is 0.108. The molecule has 1 atom stereocenters. The molecular formula is C17H14F3N5O3. The molecule has 3 aromatic rings. The lowest BCUT2D eigenvalue weighted by Crippen LogP contribution is -2.39. The highest BCUT2D eigenvalue weighted by Crippen LogP contribution is 2.32. The fourth-order valence-electron chi connectivity index (χ4n) is 2.75. The summed E-state index contributed by atoms with van der Waals surface area (Å²) in [6.45, 7) is 1.49. The molecule has 0 aliphatic rings. The van der Waals surface area contributed by atoms with E-state index in [1.165, 1.54) is 38.4 Å². The third-order valence-electron chi connectivity index (χ3n) is 4.06. The molecule has 8 nitrogen and oxygen atoms in total. The van der Waals surface area contributed by atoms with E-state index in [0.29, 0.717) is 0 Å². The predicted octanol–water partition coefficient (Wildman–Crippen LogP) is 1.36. The van der Waals surface area contributed by atoms with Crippen LogP contribution in [-0.2, 0) is 7.05 Å². The van der Waals surface area contributed by atoms with Gasteiger partial charge in [-0.05, 0) is 19.1 Å². The molecular weight excluding hydrogens is 379 g/mol. The molecule has 0 unspecified atom stereocenters. The average Bonchev–Trinajstić information content (AvgIpc) is 2.63. The molecule has 3 rings (SSSR count). The Morgan fingerprint density at radius 3 is 2.64 bits per heavy atom. The summed E-state index contributed by atoms with van der Waals surface area (Å²) in [5.41, 5.74) is -2.12. The van der Waals surface area contributed by atoms with Crippen LogP contribution in [-0.4, -0.2) is 31.6 Å². The first-order valence-electron chi connectivity index (χ1n) is 7.97. The summed E-state index contributed by atoms with van der Waals surface area (Å²) >= 11 is 0. The first-order valence-corrected chi connectivity index (χ1v) is 7.97. The topological polar surface area (TPSA) is 110 Å². The number of nitrogens with one attached hydrogen (secondary N) is 2. The summed E-state index contributed by atoms with van der Waals surface area (Å²) in [5.74, 6) is -1.13. The van der Waals surface area contributed by atoms with Gasteiger partial charge >= 0.3 is 11.9 Å². The SMILES string of the molecule is Cc1cc(C(=O)N[C@@H](c2cccnc2)C(F)(F)F)c2c(=O)[nH]c(=O)n(C)c2n1. The van der Waals surface area contributed by atoms with E-state index in [4.69, 9.17) is 0 Å². The third kappa shape index (κ3) is 3.50. The summed E-state index contributed by atoms with van der Waals surface area (Å²) in [6.07, 6.45) is -2.50. The van der Waals surface area contributed by atoms with Crippen molar-refractivity contribution in [2.24, 2.45) is 7.05 Å². The van der Waals surface area contributed by atoms with Crippen molar-refractivity contribution in [3.63, 3.8) is 0 Å². The first-order chi connectivity index (χ1) is 13.1. The highest BCUT2D eigenvalue weighted by molar-refractivity contribution is 6.05. The zero-order valence-electron chi connectivity index (χ0n) is 14.7. The Kier molecular flexibility index (Phi) is 4.75. The van der Waals surface area contributed by atoms with Gasteiger partial charge in [-0.3, -0.25) is 24.1 Å².